The Bertz CT molecular complexity index is 592. The summed E-state index contributed by atoms with van der Waals surface area (Å²) in [5.74, 6) is 0.598. The van der Waals surface area contributed by atoms with E-state index in [-0.39, 0.29) is 12.0 Å². The number of hydrogen-bond donors (Lipinski definition) is 0. The van der Waals surface area contributed by atoms with Crippen molar-refractivity contribution in [2.45, 2.75) is 18.9 Å². The van der Waals surface area contributed by atoms with Crippen molar-refractivity contribution in [1.29, 1.82) is 5.26 Å². The van der Waals surface area contributed by atoms with E-state index in [0.29, 0.717) is 5.91 Å². The van der Waals surface area contributed by atoms with Gasteiger partial charge in [0.25, 0.3) is 0 Å². The van der Waals surface area contributed by atoms with Gasteiger partial charge in [-0.1, -0.05) is 12.1 Å². The normalized spacial score (nSPS) is 20.0. The highest BCUT2D eigenvalue weighted by atomic mass is 16.2. The third-order valence-electron chi connectivity index (χ3n) is 4.77. The lowest BCUT2D eigenvalue weighted by Crippen LogP contribution is -2.49. The third kappa shape index (κ3) is 3.48. The minimum absolute atomic E-state index is 0.232. The van der Waals surface area contributed by atoms with Crippen molar-refractivity contribution >= 4 is 11.6 Å². The molecule has 5 nitrogen and oxygen atoms in total. The van der Waals surface area contributed by atoms with Crippen LogP contribution >= 0.6 is 0 Å². The summed E-state index contributed by atoms with van der Waals surface area (Å²) < 4.78 is 0. The predicted molar refractivity (Wildman–Crippen MR) is 90.0 cm³/mol. The standard InChI is InChI=1S/C18H24N4O/c1-20(2)16-7-5-14(6-8-16)17(13-19)21-9-11-22(12-10-21)18(23)15-3-4-15/h5-8,15,17H,3-4,9-12H2,1-2H3. The molecule has 0 N–H and O–H groups in total. The molecule has 23 heavy (non-hydrogen) atoms. The fraction of sp³-hybridized carbons (Fsp3) is 0.556. The Morgan fingerprint density at radius 3 is 2.26 bits per heavy atom. The monoisotopic (exact) mass is 312 g/mol. The van der Waals surface area contributed by atoms with Crippen LogP contribution in [0.2, 0.25) is 0 Å². The molecule has 5 heteroatoms. The van der Waals surface area contributed by atoms with Gasteiger partial charge in [-0.15, -0.1) is 0 Å². The molecular formula is C18H24N4O. The summed E-state index contributed by atoms with van der Waals surface area (Å²) in [5.41, 5.74) is 2.16. The average Bonchev–Trinajstić information content (AvgIpc) is 3.41. The number of benzene rings is 1. The van der Waals surface area contributed by atoms with Crippen LogP contribution in [-0.4, -0.2) is 56.0 Å². The highest BCUT2D eigenvalue weighted by Gasteiger charge is 2.35. The van der Waals surface area contributed by atoms with Crippen LogP contribution in [-0.2, 0) is 4.79 Å². The number of carbonyl (C=O) groups is 1. The summed E-state index contributed by atoms with van der Waals surface area (Å²) in [6.07, 6.45) is 2.11. The summed E-state index contributed by atoms with van der Waals surface area (Å²) in [6.45, 7) is 3.02. The number of hydrogen-bond acceptors (Lipinski definition) is 4. The molecule has 1 unspecified atom stereocenters. The molecule has 1 aliphatic heterocycles. The van der Waals surface area contributed by atoms with Crippen molar-refractivity contribution in [3.63, 3.8) is 0 Å². The van der Waals surface area contributed by atoms with Gasteiger partial charge in [0.1, 0.15) is 6.04 Å². The van der Waals surface area contributed by atoms with Crippen molar-refractivity contribution in [2.24, 2.45) is 5.92 Å². The molecule has 0 aromatic heterocycles. The topological polar surface area (TPSA) is 50.6 Å². The molecular weight excluding hydrogens is 288 g/mol. The molecule has 1 aromatic rings. The third-order valence-corrected chi connectivity index (χ3v) is 4.77. The first-order valence-corrected chi connectivity index (χ1v) is 8.30. The first-order chi connectivity index (χ1) is 11.1. The fourth-order valence-corrected chi connectivity index (χ4v) is 3.11. The second kappa shape index (κ2) is 6.59. The first-order valence-electron chi connectivity index (χ1n) is 8.30. The SMILES string of the molecule is CN(C)c1ccc(C(C#N)N2CCN(C(=O)C3CC3)CC2)cc1. The highest BCUT2D eigenvalue weighted by Crippen LogP contribution is 2.32. The van der Waals surface area contributed by atoms with E-state index in [4.69, 9.17) is 0 Å². The second-order valence-electron chi connectivity index (χ2n) is 6.65. The van der Waals surface area contributed by atoms with Crippen molar-refractivity contribution in [1.82, 2.24) is 9.80 Å². The van der Waals surface area contributed by atoms with E-state index in [2.05, 4.69) is 11.0 Å². The van der Waals surface area contributed by atoms with Gasteiger partial charge in [0.2, 0.25) is 5.91 Å². The van der Waals surface area contributed by atoms with Gasteiger partial charge < -0.3 is 9.80 Å². The molecule has 1 aliphatic carbocycles. The molecule has 0 bridgehead atoms. The maximum Gasteiger partial charge on any atom is 0.225 e. The first kappa shape index (κ1) is 15.8. The zero-order valence-electron chi connectivity index (χ0n) is 13.9. The van der Waals surface area contributed by atoms with Crippen molar-refractivity contribution < 1.29 is 4.79 Å². The number of piperazine rings is 1. The highest BCUT2D eigenvalue weighted by molar-refractivity contribution is 5.81. The Morgan fingerprint density at radius 1 is 1.17 bits per heavy atom. The molecule has 122 valence electrons. The average molecular weight is 312 g/mol. The Labute approximate surface area is 138 Å². The summed E-state index contributed by atoms with van der Waals surface area (Å²) in [4.78, 5) is 18.3. The molecule has 1 saturated heterocycles. The van der Waals surface area contributed by atoms with Gasteiger partial charge in [0, 0.05) is 51.9 Å². The molecule has 1 atom stereocenters. The Morgan fingerprint density at radius 2 is 1.78 bits per heavy atom. The van der Waals surface area contributed by atoms with E-state index in [1.54, 1.807) is 0 Å². The molecule has 2 aliphatic rings. The summed E-state index contributed by atoms with van der Waals surface area (Å²) in [5, 5.41) is 9.60. The predicted octanol–water partition coefficient (Wildman–Crippen LogP) is 1.87. The summed E-state index contributed by atoms with van der Waals surface area (Å²) in [7, 11) is 4.01. The van der Waals surface area contributed by atoms with Crippen LogP contribution in [0.1, 0.15) is 24.4 Å². The van der Waals surface area contributed by atoms with E-state index in [1.807, 2.05) is 48.2 Å². The summed E-state index contributed by atoms with van der Waals surface area (Å²) >= 11 is 0. The van der Waals surface area contributed by atoms with Crippen molar-refractivity contribution in [3.05, 3.63) is 29.8 Å². The zero-order valence-corrected chi connectivity index (χ0v) is 13.9. The quantitative estimate of drug-likeness (QED) is 0.852. The van der Waals surface area contributed by atoms with E-state index < -0.39 is 0 Å². The Kier molecular flexibility index (Phi) is 4.53. The molecule has 1 amide bonds. The Balaban J connectivity index is 1.63. The number of anilines is 1. The van der Waals surface area contributed by atoms with Gasteiger partial charge >= 0.3 is 0 Å². The van der Waals surface area contributed by atoms with Gasteiger partial charge in [-0.2, -0.15) is 5.26 Å². The fourth-order valence-electron chi connectivity index (χ4n) is 3.11. The lowest BCUT2D eigenvalue weighted by atomic mass is 10.0. The van der Waals surface area contributed by atoms with E-state index in [1.165, 1.54) is 0 Å². The van der Waals surface area contributed by atoms with Crippen LogP contribution in [0.15, 0.2) is 24.3 Å². The van der Waals surface area contributed by atoms with Gasteiger partial charge in [-0.05, 0) is 30.5 Å². The zero-order chi connectivity index (χ0) is 16.4. The number of nitriles is 1. The number of nitrogens with zero attached hydrogens (tertiary/aromatic N) is 4. The van der Waals surface area contributed by atoms with Gasteiger partial charge in [-0.25, -0.2) is 0 Å². The summed E-state index contributed by atoms with van der Waals surface area (Å²) in [6, 6.07) is 10.4. The van der Waals surface area contributed by atoms with Crippen LogP contribution < -0.4 is 4.90 Å². The molecule has 1 heterocycles. The number of rotatable bonds is 4. The maximum atomic E-state index is 12.1. The lowest BCUT2D eigenvalue weighted by Gasteiger charge is -2.37. The van der Waals surface area contributed by atoms with E-state index >= 15 is 0 Å². The molecule has 3 rings (SSSR count). The minimum atomic E-state index is -0.232. The van der Waals surface area contributed by atoms with Crippen LogP contribution in [0.4, 0.5) is 5.69 Å². The largest absolute Gasteiger partial charge is 0.378 e. The van der Waals surface area contributed by atoms with Crippen LogP contribution in [0.25, 0.3) is 0 Å². The van der Waals surface area contributed by atoms with Crippen molar-refractivity contribution in [3.8, 4) is 6.07 Å². The van der Waals surface area contributed by atoms with Gasteiger partial charge in [0.15, 0.2) is 0 Å². The van der Waals surface area contributed by atoms with Crippen LogP contribution in [0, 0.1) is 17.2 Å². The molecule has 0 spiro atoms. The minimum Gasteiger partial charge on any atom is -0.378 e. The van der Waals surface area contributed by atoms with Gasteiger partial charge in [0.05, 0.1) is 6.07 Å². The number of carbonyl (C=O) groups excluding carboxylic acids is 1. The maximum absolute atomic E-state index is 12.1. The number of amides is 1. The lowest BCUT2D eigenvalue weighted by molar-refractivity contribution is -0.134. The molecule has 1 aromatic carbocycles. The second-order valence-corrected chi connectivity index (χ2v) is 6.65. The van der Waals surface area contributed by atoms with Crippen LogP contribution in [0.3, 0.4) is 0 Å². The molecule has 1 saturated carbocycles. The molecule has 2 fully saturated rings. The van der Waals surface area contributed by atoms with Crippen molar-refractivity contribution in [2.75, 3.05) is 45.2 Å². The molecule has 0 radical (unpaired) electrons. The van der Waals surface area contributed by atoms with Crippen LogP contribution in [0.5, 0.6) is 0 Å². The van der Waals surface area contributed by atoms with Gasteiger partial charge in [-0.3, -0.25) is 9.69 Å². The van der Waals surface area contributed by atoms with E-state index in [9.17, 15) is 10.1 Å². The smallest absolute Gasteiger partial charge is 0.225 e. The van der Waals surface area contributed by atoms with E-state index in [0.717, 1.165) is 50.3 Å². The Hall–Kier alpha value is -2.06.